The second-order valence-corrected chi connectivity index (χ2v) is 5.59. The molecule has 3 rings (SSSR count). The molecule has 0 spiro atoms. The highest BCUT2D eigenvalue weighted by atomic mass is 16.2. The summed E-state index contributed by atoms with van der Waals surface area (Å²) in [4.78, 5) is 23.3. The molecule has 1 atom stereocenters. The Bertz CT molecular complexity index is 532. The van der Waals surface area contributed by atoms with Gasteiger partial charge < -0.3 is 0 Å². The largest absolute Gasteiger partial charge is 0.296 e. The summed E-state index contributed by atoms with van der Waals surface area (Å²) in [5, 5.41) is 2.47. The minimum atomic E-state index is -0.140. The van der Waals surface area contributed by atoms with Gasteiger partial charge in [-0.2, -0.15) is 0 Å². The number of rotatable bonds is 3. The van der Waals surface area contributed by atoms with Crippen molar-refractivity contribution in [3.63, 3.8) is 0 Å². The molecule has 3 nitrogen and oxygen atoms in total. The fraction of sp³-hybridized carbons (Fsp3) is 0.500. The summed E-state index contributed by atoms with van der Waals surface area (Å²) >= 11 is 0. The van der Waals surface area contributed by atoms with Crippen molar-refractivity contribution in [2.45, 2.75) is 50.9 Å². The van der Waals surface area contributed by atoms with Gasteiger partial charge in [0.1, 0.15) is 0 Å². The lowest BCUT2D eigenvalue weighted by Crippen LogP contribution is -2.39. The Balaban J connectivity index is 1.95. The number of hydrogen-bond acceptors (Lipinski definition) is 2. The van der Waals surface area contributed by atoms with Gasteiger partial charge in [-0.15, -0.1) is 0 Å². The Morgan fingerprint density at radius 2 is 1.95 bits per heavy atom. The number of nitrogens with one attached hydrogen (secondary N) is 1. The van der Waals surface area contributed by atoms with E-state index < -0.39 is 0 Å². The minimum Gasteiger partial charge on any atom is -0.296 e. The van der Waals surface area contributed by atoms with E-state index in [0.29, 0.717) is 18.8 Å². The van der Waals surface area contributed by atoms with Crippen LogP contribution in [-0.2, 0) is 16.0 Å². The smallest absolute Gasteiger partial charge is 0.234 e. The highest BCUT2D eigenvalue weighted by Gasteiger charge is 2.33. The average Bonchev–Trinajstić information content (AvgIpc) is 3.23. The van der Waals surface area contributed by atoms with E-state index >= 15 is 0 Å². The monoisotopic (exact) mass is 257 g/mol. The standard InChI is InChI=1S/C16H19NO2/c1-2-10-3-6-12(14(9-10)11-4-5-11)13-7-8-15(18)17-16(13)19/h3,6,9,11,13H,2,4-5,7-8H2,1H3,(H,17,18,19). The fourth-order valence-corrected chi connectivity index (χ4v) is 2.90. The van der Waals surface area contributed by atoms with E-state index in [4.69, 9.17) is 0 Å². The summed E-state index contributed by atoms with van der Waals surface area (Å²) in [6.07, 6.45) is 4.59. The van der Waals surface area contributed by atoms with Crippen LogP contribution in [0.1, 0.15) is 61.1 Å². The lowest BCUT2D eigenvalue weighted by atomic mass is 9.85. The number of benzene rings is 1. The van der Waals surface area contributed by atoms with E-state index in [9.17, 15) is 9.59 Å². The zero-order valence-corrected chi connectivity index (χ0v) is 11.2. The van der Waals surface area contributed by atoms with Gasteiger partial charge in [0, 0.05) is 6.42 Å². The first-order chi connectivity index (χ1) is 9.19. The van der Waals surface area contributed by atoms with E-state index in [0.717, 1.165) is 12.0 Å². The van der Waals surface area contributed by atoms with E-state index in [-0.39, 0.29) is 17.7 Å². The third-order valence-corrected chi connectivity index (χ3v) is 4.19. The number of aryl methyl sites for hydroxylation is 1. The molecule has 3 heteroatoms. The first-order valence-electron chi connectivity index (χ1n) is 7.15. The molecule has 1 saturated heterocycles. The number of amides is 2. The van der Waals surface area contributed by atoms with Crippen molar-refractivity contribution >= 4 is 11.8 Å². The molecule has 1 aromatic rings. The Morgan fingerprint density at radius 3 is 2.58 bits per heavy atom. The van der Waals surface area contributed by atoms with Gasteiger partial charge in [0.25, 0.3) is 0 Å². The highest BCUT2D eigenvalue weighted by Crippen LogP contribution is 2.44. The molecule has 0 bridgehead atoms. The molecular formula is C16H19NO2. The van der Waals surface area contributed by atoms with Crippen LogP contribution in [0.5, 0.6) is 0 Å². The number of imide groups is 1. The summed E-state index contributed by atoms with van der Waals surface area (Å²) < 4.78 is 0. The molecule has 1 heterocycles. The van der Waals surface area contributed by atoms with Crippen LogP contribution in [0, 0.1) is 0 Å². The zero-order chi connectivity index (χ0) is 13.4. The maximum absolute atomic E-state index is 12.0. The van der Waals surface area contributed by atoms with Crippen molar-refractivity contribution in [3.8, 4) is 0 Å². The third-order valence-electron chi connectivity index (χ3n) is 4.19. The van der Waals surface area contributed by atoms with Gasteiger partial charge in [0.15, 0.2) is 0 Å². The summed E-state index contributed by atoms with van der Waals surface area (Å²) in [6.45, 7) is 2.15. The van der Waals surface area contributed by atoms with Crippen LogP contribution < -0.4 is 5.32 Å². The molecule has 1 N–H and O–H groups in total. The van der Waals surface area contributed by atoms with Crippen LogP contribution in [0.2, 0.25) is 0 Å². The maximum Gasteiger partial charge on any atom is 0.234 e. The van der Waals surface area contributed by atoms with Crippen molar-refractivity contribution in [1.82, 2.24) is 5.32 Å². The van der Waals surface area contributed by atoms with Crippen LogP contribution >= 0.6 is 0 Å². The van der Waals surface area contributed by atoms with Crippen LogP contribution in [-0.4, -0.2) is 11.8 Å². The molecule has 0 aromatic heterocycles. The van der Waals surface area contributed by atoms with Crippen LogP contribution in [0.4, 0.5) is 0 Å². The van der Waals surface area contributed by atoms with Gasteiger partial charge in [-0.1, -0.05) is 25.1 Å². The Hall–Kier alpha value is -1.64. The van der Waals surface area contributed by atoms with E-state index in [1.807, 2.05) is 0 Å². The van der Waals surface area contributed by atoms with Gasteiger partial charge in [-0.3, -0.25) is 14.9 Å². The molecule has 2 aliphatic rings. The van der Waals surface area contributed by atoms with Gasteiger partial charge >= 0.3 is 0 Å². The van der Waals surface area contributed by atoms with Gasteiger partial charge in [-0.05, 0) is 48.3 Å². The summed E-state index contributed by atoms with van der Waals surface area (Å²) in [5.41, 5.74) is 3.82. The zero-order valence-electron chi connectivity index (χ0n) is 11.2. The molecule has 100 valence electrons. The lowest BCUT2D eigenvalue weighted by Gasteiger charge is -2.24. The van der Waals surface area contributed by atoms with Gasteiger partial charge in [0.05, 0.1) is 5.92 Å². The van der Waals surface area contributed by atoms with E-state index in [1.54, 1.807) is 0 Å². The number of carbonyl (C=O) groups is 2. The third kappa shape index (κ3) is 2.42. The summed E-state index contributed by atoms with van der Waals surface area (Å²) in [5.74, 6) is 0.230. The second-order valence-electron chi connectivity index (χ2n) is 5.59. The quantitative estimate of drug-likeness (QED) is 0.846. The molecular weight excluding hydrogens is 238 g/mol. The lowest BCUT2D eigenvalue weighted by molar-refractivity contribution is -0.134. The average molecular weight is 257 g/mol. The van der Waals surface area contributed by atoms with E-state index in [2.05, 4.69) is 30.4 Å². The second kappa shape index (κ2) is 4.80. The van der Waals surface area contributed by atoms with Crippen molar-refractivity contribution in [1.29, 1.82) is 0 Å². The predicted molar refractivity (Wildman–Crippen MR) is 72.9 cm³/mol. The van der Waals surface area contributed by atoms with Crippen LogP contribution in [0.25, 0.3) is 0 Å². The van der Waals surface area contributed by atoms with Crippen LogP contribution in [0.3, 0.4) is 0 Å². The fourth-order valence-electron chi connectivity index (χ4n) is 2.90. The Morgan fingerprint density at radius 1 is 1.16 bits per heavy atom. The van der Waals surface area contributed by atoms with Crippen molar-refractivity contribution in [2.24, 2.45) is 0 Å². The molecule has 1 saturated carbocycles. The van der Waals surface area contributed by atoms with E-state index in [1.165, 1.54) is 24.0 Å². The molecule has 1 aliphatic heterocycles. The molecule has 2 amide bonds. The summed E-state index contributed by atoms with van der Waals surface area (Å²) in [7, 11) is 0. The summed E-state index contributed by atoms with van der Waals surface area (Å²) in [6, 6.07) is 6.48. The SMILES string of the molecule is CCc1ccc(C2CCC(=O)NC2=O)c(C2CC2)c1. The van der Waals surface area contributed by atoms with Gasteiger partial charge in [0.2, 0.25) is 11.8 Å². The van der Waals surface area contributed by atoms with Crippen molar-refractivity contribution in [2.75, 3.05) is 0 Å². The Labute approximate surface area is 113 Å². The molecule has 19 heavy (non-hydrogen) atoms. The predicted octanol–water partition coefficient (Wildman–Crippen LogP) is 2.65. The molecule has 1 aromatic carbocycles. The first-order valence-corrected chi connectivity index (χ1v) is 7.15. The number of carbonyl (C=O) groups excluding carboxylic acids is 2. The Kier molecular flexibility index (Phi) is 3.13. The molecule has 1 aliphatic carbocycles. The normalized spacial score (nSPS) is 23.3. The van der Waals surface area contributed by atoms with Gasteiger partial charge in [-0.25, -0.2) is 0 Å². The molecule has 1 unspecified atom stereocenters. The number of hydrogen-bond donors (Lipinski definition) is 1. The van der Waals surface area contributed by atoms with Crippen LogP contribution in [0.15, 0.2) is 18.2 Å². The minimum absolute atomic E-state index is 0.123. The van der Waals surface area contributed by atoms with Crippen molar-refractivity contribution < 1.29 is 9.59 Å². The topological polar surface area (TPSA) is 46.2 Å². The number of piperidine rings is 1. The highest BCUT2D eigenvalue weighted by molar-refractivity contribution is 6.01. The molecule has 2 fully saturated rings. The maximum atomic E-state index is 12.0. The molecule has 0 radical (unpaired) electrons. The first kappa shape index (κ1) is 12.4. The van der Waals surface area contributed by atoms with Crippen molar-refractivity contribution in [3.05, 3.63) is 34.9 Å².